The first-order chi connectivity index (χ1) is 9.66. The molecule has 0 radical (unpaired) electrons. The molecular weight excluding hydrogens is 294 g/mol. The summed E-state index contributed by atoms with van der Waals surface area (Å²) in [5, 5.41) is 7.33. The van der Waals surface area contributed by atoms with Crippen molar-refractivity contribution in [2.75, 3.05) is 26.7 Å². The highest BCUT2D eigenvalue weighted by atomic mass is 35.5. The van der Waals surface area contributed by atoms with Gasteiger partial charge in [-0.3, -0.25) is 9.69 Å². The third kappa shape index (κ3) is 2.99. The van der Waals surface area contributed by atoms with Crippen molar-refractivity contribution >= 4 is 12.4 Å². The van der Waals surface area contributed by atoms with E-state index in [4.69, 9.17) is 4.52 Å². The Morgan fingerprint density at radius 1 is 1.43 bits per heavy atom. The van der Waals surface area contributed by atoms with Gasteiger partial charge in [-0.2, -0.15) is 4.98 Å². The number of halogens is 1. The molecule has 2 aromatic heterocycles. The van der Waals surface area contributed by atoms with Crippen molar-refractivity contribution in [3.63, 3.8) is 0 Å². The Kier molecular flexibility index (Phi) is 4.76. The minimum atomic E-state index is -0.141. The summed E-state index contributed by atoms with van der Waals surface area (Å²) >= 11 is 0. The quantitative estimate of drug-likeness (QED) is 0.867. The van der Waals surface area contributed by atoms with Gasteiger partial charge in [-0.15, -0.1) is 12.4 Å². The van der Waals surface area contributed by atoms with Crippen molar-refractivity contribution in [2.24, 2.45) is 7.05 Å². The first kappa shape index (κ1) is 15.7. The highest BCUT2D eigenvalue weighted by Crippen LogP contribution is 2.20. The lowest BCUT2D eigenvalue weighted by atomic mass is 10.2. The van der Waals surface area contributed by atoms with Gasteiger partial charge < -0.3 is 14.4 Å². The van der Waals surface area contributed by atoms with E-state index in [0.29, 0.717) is 11.4 Å². The second kappa shape index (κ2) is 6.38. The Balaban J connectivity index is 0.00000161. The van der Waals surface area contributed by atoms with E-state index in [0.717, 1.165) is 19.6 Å². The van der Waals surface area contributed by atoms with Crippen LogP contribution in [0.15, 0.2) is 27.6 Å². The molecule has 0 aliphatic carbocycles. The zero-order valence-corrected chi connectivity index (χ0v) is 12.8. The number of hydrogen-bond donors (Lipinski definition) is 1. The van der Waals surface area contributed by atoms with E-state index in [9.17, 15) is 4.79 Å². The summed E-state index contributed by atoms with van der Waals surface area (Å²) in [5.74, 6) is 0.890. The highest BCUT2D eigenvalue weighted by Gasteiger charge is 2.26. The van der Waals surface area contributed by atoms with Crippen LogP contribution in [0, 0.1) is 0 Å². The fraction of sp³-hybridized carbons (Fsp3) is 0.462. The van der Waals surface area contributed by atoms with E-state index < -0.39 is 0 Å². The van der Waals surface area contributed by atoms with Gasteiger partial charge in [0, 0.05) is 32.9 Å². The minimum Gasteiger partial charge on any atom is -0.334 e. The second-order valence-corrected chi connectivity index (χ2v) is 5.00. The number of aromatic nitrogens is 3. The third-order valence-corrected chi connectivity index (χ3v) is 3.60. The largest absolute Gasteiger partial charge is 0.334 e. The summed E-state index contributed by atoms with van der Waals surface area (Å²) in [6.07, 6.45) is 1.70. The van der Waals surface area contributed by atoms with E-state index in [2.05, 4.69) is 20.4 Å². The lowest BCUT2D eigenvalue weighted by molar-refractivity contribution is 0.190. The normalized spacial score (nSPS) is 19.2. The molecule has 0 aromatic carbocycles. The molecule has 1 aliphatic rings. The first-order valence-electron chi connectivity index (χ1n) is 6.57. The Hall–Kier alpha value is -1.70. The van der Waals surface area contributed by atoms with Crippen LogP contribution in [0.5, 0.6) is 0 Å². The maximum absolute atomic E-state index is 12.0. The van der Waals surface area contributed by atoms with Crippen LogP contribution in [0.2, 0.25) is 0 Å². The van der Waals surface area contributed by atoms with E-state index in [-0.39, 0.29) is 29.9 Å². The van der Waals surface area contributed by atoms with Gasteiger partial charge >= 0.3 is 0 Å². The van der Waals surface area contributed by atoms with Gasteiger partial charge in [-0.05, 0) is 19.2 Å². The second-order valence-electron chi connectivity index (χ2n) is 5.00. The summed E-state index contributed by atoms with van der Waals surface area (Å²) < 4.78 is 6.75. The summed E-state index contributed by atoms with van der Waals surface area (Å²) in [7, 11) is 3.73. The SMILES string of the molecule is CN1CCNCC1c1noc(-c2cccn(C)c2=O)n1.Cl. The average Bonchev–Trinajstić information content (AvgIpc) is 2.92. The highest BCUT2D eigenvalue weighted by molar-refractivity contribution is 5.85. The van der Waals surface area contributed by atoms with Gasteiger partial charge in [0.15, 0.2) is 5.82 Å². The molecule has 1 N–H and O–H groups in total. The molecule has 0 amide bonds. The molecule has 114 valence electrons. The molecule has 1 atom stereocenters. The van der Waals surface area contributed by atoms with Crippen molar-refractivity contribution in [3.8, 4) is 11.5 Å². The lowest BCUT2D eigenvalue weighted by Crippen LogP contribution is -2.44. The van der Waals surface area contributed by atoms with E-state index >= 15 is 0 Å². The van der Waals surface area contributed by atoms with Gasteiger partial charge in [0.05, 0.1) is 6.04 Å². The maximum Gasteiger partial charge on any atom is 0.263 e. The molecule has 2 aromatic rings. The van der Waals surface area contributed by atoms with Crippen LogP contribution >= 0.6 is 12.4 Å². The Labute approximate surface area is 128 Å². The van der Waals surface area contributed by atoms with Crippen LogP contribution in [-0.4, -0.2) is 46.3 Å². The summed E-state index contributed by atoms with van der Waals surface area (Å²) in [6, 6.07) is 3.56. The molecule has 3 heterocycles. The molecule has 1 unspecified atom stereocenters. The third-order valence-electron chi connectivity index (χ3n) is 3.60. The number of piperazine rings is 1. The van der Waals surface area contributed by atoms with Crippen molar-refractivity contribution in [1.82, 2.24) is 24.9 Å². The number of likely N-dealkylation sites (N-methyl/N-ethyl adjacent to an activating group) is 1. The molecule has 1 aliphatic heterocycles. The number of nitrogens with zero attached hydrogens (tertiary/aromatic N) is 4. The molecule has 3 rings (SSSR count). The van der Waals surface area contributed by atoms with E-state index in [1.54, 1.807) is 25.4 Å². The summed E-state index contributed by atoms with van der Waals surface area (Å²) in [6.45, 7) is 2.67. The van der Waals surface area contributed by atoms with E-state index in [1.165, 1.54) is 4.57 Å². The molecule has 1 fully saturated rings. The number of pyridine rings is 1. The maximum atomic E-state index is 12.0. The van der Waals surface area contributed by atoms with Crippen LogP contribution in [-0.2, 0) is 7.05 Å². The van der Waals surface area contributed by atoms with Gasteiger partial charge in [-0.25, -0.2) is 0 Å². The zero-order chi connectivity index (χ0) is 14.1. The minimum absolute atomic E-state index is 0. The number of aryl methyl sites for hydroxylation is 1. The van der Waals surface area contributed by atoms with Gasteiger partial charge in [-0.1, -0.05) is 5.16 Å². The summed E-state index contributed by atoms with van der Waals surface area (Å²) in [4.78, 5) is 18.6. The summed E-state index contributed by atoms with van der Waals surface area (Å²) in [5.41, 5.74) is 0.290. The molecule has 7 nitrogen and oxygen atoms in total. The molecule has 0 bridgehead atoms. The van der Waals surface area contributed by atoms with Gasteiger partial charge in [0.25, 0.3) is 11.4 Å². The smallest absolute Gasteiger partial charge is 0.263 e. The predicted octanol–water partition coefficient (Wildman–Crippen LogP) is 0.433. The van der Waals surface area contributed by atoms with Crippen molar-refractivity contribution < 1.29 is 4.52 Å². The molecule has 0 spiro atoms. The Morgan fingerprint density at radius 3 is 3.00 bits per heavy atom. The number of hydrogen-bond acceptors (Lipinski definition) is 6. The zero-order valence-electron chi connectivity index (χ0n) is 11.9. The van der Waals surface area contributed by atoms with Gasteiger partial charge in [0.2, 0.25) is 0 Å². The fourth-order valence-corrected chi connectivity index (χ4v) is 2.33. The van der Waals surface area contributed by atoms with Crippen molar-refractivity contribution in [3.05, 3.63) is 34.5 Å². The standard InChI is InChI=1S/C13H17N5O2.ClH/c1-17-7-5-14-8-10(17)11-15-12(20-16-11)9-4-3-6-18(2)13(9)19;/h3-4,6,10,14H,5,7-8H2,1-2H3;1H. The molecule has 1 saturated heterocycles. The Bertz CT molecular complexity index is 669. The van der Waals surface area contributed by atoms with Crippen LogP contribution in [0.1, 0.15) is 11.9 Å². The Morgan fingerprint density at radius 2 is 2.24 bits per heavy atom. The van der Waals surface area contributed by atoms with Crippen molar-refractivity contribution in [1.29, 1.82) is 0 Å². The van der Waals surface area contributed by atoms with Crippen LogP contribution in [0.25, 0.3) is 11.5 Å². The molecular formula is C13H18ClN5O2. The van der Waals surface area contributed by atoms with Crippen LogP contribution in [0.3, 0.4) is 0 Å². The fourth-order valence-electron chi connectivity index (χ4n) is 2.33. The molecule has 21 heavy (non-hydrogen) atoms. The predicted molar refractivity (Wildman–Crippen MR) is 80.5 cm³/mol. The number of rotatable bonds is 2. The monoisotopic (exact) mass is 311 g/mol. The first-order valence-corrected chi connectivity index (χ1v) is 6.57. The van der Waals surface area contributed by atoms with Crippen LogP contribution < -0.4 is 10.9 Å². The van der Waals surface area contributed by atoms with Gasteiger partial charge in [0.1, 0.15) is 5.56 Å². The average molecular weight is 312 g/mol. The topological polar surface area (TPSA) is 76.2 Å². The molecule has 0 saturated carbocycles. The van der Waals surface area contributed by atoms with Crippen molar-refractivity contribution in [2.45, 2.75) is 6.04 Å². The van der Waals surface area contributed by atoms with Crippen LogP contribution in [0.4, 0.5) is 0 Å². The number of nitrogens with one attached hydrogen (secondary N) is 1. The molecule has 8 heteroatoms. The van der Waals surface area contributed by atoms with E-state index in [1.807, 2.05) is 7.05 Å². The lowest BCUT2D eigenvalue weighted by Gasteiger charge is -2.30.